The molecule has 0 bridgehead atoms. The van der Waals surface area contributed by atoms with Gasteiger partial charge >= 0.3 is 0 Å². The number of rotatable bonds is 4. The first-order chi connectivity index (χ1) is 9.06. The quantitative estimate of drug-likeness (QED) is 0.912. The van der Waals surface area contributed by atoms with E-state index in [4.69, 9.17) is 4.74 Å². The van der Waals surface area contributed by atoms with Gasteiger partial charge in [-0.3, -0.25) is 4.79 Å². The van der Waals surface area contributed by atoms with Gasteiger partial charge in [-0.15, -0.1) is 0 Å². The Balaban J connectivity index is 1.92. The number of benzene rings is 1. The fourth-order valence-electron chi connectivity index (χ4n) is 2.20. The molecule has 0 aromatic heterocycles. The summed E-state index contributed by atoms with van der Waals surface area (Å²) in [4.78, 5) is 11.8. The largest absolute Gasteiger partial charge is 0.478 e. The van der Waals surface area contributed by atoms with Gasteiger partial charge in [0.1, 0.15) is 5.82 Å². The van der Waals surface area contributed by atoms with Gasteiger partial charge in [0.25, 0.3) is 5.91 Å². The molecule has 1 aromatic rings. The maximum Gasteiger partial charge on any atom is 0.260 e. The highest BCUT2D eigenvalue weighted by Crippen LogP contribution is 2.20. The van der Waals surface area contributed by atoms with Crippen LogP contribution in [0, 0.1) is 11.6 Å². The molecule has 5 heteroatoms. The molecule has 0 aliphatic heterocycles. The van der Waals surface area contributed by atoms with Gasteiger partial charge < -0.3 is 10.1 Å². The predicted molar refractivity (Wildman–Crippen MR) is 66.8 cm³/mol. The first-order valence-corrected chi connectivity index (χ1v) is 6.48. The van der Waals surface area contributed by atoms with E-state index >= 15 is 0 Å². The molecule has 19 heavy (non-hydrogen) atoms. The first kappa shape index (κ1) is 13.8. The van der Waals surface area contributed by atoms with Gasteiger partial charge in [0.15, 0.2) is 17.7 Å². The molecular formula is C14H17F2NO2. The Bertz CT molecular complexity index is 459. The van der Waals surface area contributed by atoms with E-state index in [0.29, 0.717) is 0 Å². The molecule has 1 aliphatic carbocycles. The maximum atomic E-state index is 13.4. The van der Waals surface area contributed by atoms with E-state index in [1.807, 2.05) is 0 Å². The molecule has 0 radical (unpaired) electrons. The number of ether oxygens (including phenoxy) is 1. The zero-order chi connectivity index (χ0) is 13.8. The number of halogens is 2. The molecule has 1 fully saturated rings. The zero-order valence-electron chi connectivity index (χ0n) is 10.8. The summed E-state index contributed by atoms with van der Waals surface area (Å²) in [6, 6.07) is 3.21. The second-order valence-electron chi connectivity index (χ2n) is 4.82. The van der Waals surface area contributed by atoms with Gasteiger partial charge in [0, 0.05) is 12.1 Å². The summed E-state index contributed by atoms with van der Waals surface area (Å²) in [7, 11) is 0. The topological polar surface area (TPSA) is 38.3 Å². The highest BCUT2D eigenvalue weighted by Gasteiger charge is 2.22. The van der Waals surface area contributed by atoms with Crippen LogP contribution in [0.1, 0.15) is 32.6 Å². The van der Waals surface area contributed by atoms with Crippen LogP contribution in [0.25, 0.3) is 0 Å². The highest BCUT2D eigenvalue weighted by atomic mass is 19.1. The van der Waals surface area contributed by atoms with Crippen LogP contribution < -0.4 is 10.1 Å². The van der Waals surface area contributed by atoms with Crippen LogP contribution in [-0.4, -0.2) is 18.1 Å². The third kappa shape index (κ3) is 3.66. The summed E-state index contributed by atoms with van der Waals surface area (Å²) in [5.41, 5.74) is 0. The van der Waals surface area contributed by atoms with Gasteiger partial charge in [-0.05, 0) is 31.9 Å². The van der Waals surface area contributed by atoms with Crippen LogP contribution in [0.5, 0.6) is 5.75 Å². The Kier molecular flexibility index (Phi) is 4.35. The van der Waals surface area contributed by atoms with Crippen molar-refractivity contribution in [1.29, 1.82) is 0 Å². The number of amides is 1. The van der Waals surface area contributed by atoms with Crippen molar-refractivity contribution < 1.29 is 18.3 Å². The smallest absolute Gasteiger partial charge is 0.260 e. The molecule has 0 heterocycles. The van der Waals surface area contributed by atoms with Crippen molar-refractivity contribution in [1.82, 2.24) is 5.32 Å². The molecule has 0 spiro atoms. The molecule has 1 aliphatic rings. The Morgan fingerprint density at radius 1 is 1.37 bits per heavy atom. The minimum absolute atomic E-state index is 0.115. The zero-order valence-corrected chi connectivity index (χ0v) is 10.8. The number of carbonyl (C=O) groups excluding carboxylic acids is 1. The second kappa shape index (κ2) is 5.99. The summed E-state index contributed by atoms with van der Waals surface area (Å²) in [5.74, 6) is -1.86. The van der Waals surface area contributed by atoms with Crippen molar-refractivity contribution in [3.8, 4) is 5.75 Å². The SMILES string of the molecule is C[C@@H](Oc1ccc(F)cc1F)C(=O)NC1CCCC1. The predicted octanol–water partition coefficient (Wildman–Crippen LogP) is 2.79. The molecule has 104 valence electrons. The fourth-order valence-corrected chi connectivity index (χ4v) is 2.20. The summed E-state index contributed by atoms with van der Waals surface area (Å²) in [6.45, 7) is 1.55. The highest BCUT2D eigenvalue weighted by molar-refractivity contribution is 5.81. The summed E-state index contributed by atoms with van der Waals surface area (Å²) in [6.07, 6.45) is 3.38. The molecule has 1 N–H and O–H groups in total. The van der Waals surface area contributed by atoms with E-state index < -0.39 is 17.7 Å². The third-order valence-corrected chi connectivity index (χ3v) is 3.27. The van der Waals surface area contributed by atoms with Crippen molar-refractivity contribution >= 4 is 5.91 Å². The fraction of sp³-hybridized carbons (Fsp3) is 0.500. The van der Waals surface area contributed by atoms with Crippen LogP contribution in [0.3, 0.4) is 0 Å². The van der Waals surface area contributed by atoms with Crippen LogP contribution >= 0.6 is 0 Å². The van der Waals surface area contributed by atoms with Gasteiger partial charge in [0.2, 0.25) is 0 Å². The summed E-state index contributed by atoms with van der Waals surface area (Å²) < 4.78 is 31.3. The summed E-state index contributed by atoms with van der Waals surface area (Å²) in [5, 5.41) is 2.87. The molecule has 0 unspecified atom stereocenters. The number of carbonyl (C=O) groups is 1. The number of nitrogens with one attached hydrogen (secondary N) is 1. The Morgan fingerprint density at radius 2 is 2.05 bits per heavy atom. The van der Waals surface area contributed by atoms with Crippen molar-refractivity contribution in [3.63, 3.8) is 0 Å². The van der Waals surface area contributed by atoms with E-state index in [-0.39, 0.29) is 17.7 Å². The van der Waals surface area contributed by atoms with Crippen molar-refractivity contribution in [3.05, 3.63) is 29.8 Å². The normalized spacial score (nSPS) is 17.2. The number of hydrogen-bond acceptors (Lipinski definition) is 2. The lowest BCUT2D eigenvalue weighted by Crippen LogP contribution is -2.41. The molecule has 0 saturated heterocycles. The molecule has 1 amide bonds. The Morgan fingerprint density at radius 3 is 2.68 bits per heavy atom. The average molecular weight is 269 g/mol. The lowest BCUT2D eigenvalue weighted by Gasteiger charge is -2.18. The van der Waals surface area contributed by atoms with Crippen LogP contribution in [0.15, 0.2) is 18.2 Å². The van der Waals surface area contributed by atoms with Crippen molar-refractivity contribution in [2.24, 2.45) is 0 Å². The third-order valence-electron chi connectivity index (χ3n) is 3.27. The molecule has 1 atom stereocenters. The second-order valence-corrected chi connectivity index (χ2v) is 4.82. The Hall–Kier alpha value is -1.65. The van der Waals surface area contributed by atoms with Gasteiger partial charge in [0.05, 0.1) is 0 Å². The first-order valence-electron chi connectivity index (χ1n) is 6.48. The van der Waals surface area contributed by atoms with Crippen molar-refractivity contribution in [2.45, 2.75) is 44.8 Å². The lowest BCUT2D eigenvalue weighted by atomic mass is 10.2. The molecule has 1 aromatic carbocycles. The minimum atomic E-state index is -0.805. The van der Waals surface area contributed by atoms with E-state index in [0.717, 1.165) is 37.8 Å². The molecule has 2 rings (SSSR count). The van der Waals surface area contributed by atoms with E-state index in [9.17, 15) is 13.6 Å². The minimum Gasteiger partial charge on any atom is -0.478 e. The lowest BCUT2D eigenvalue weighted by molar-refractivity contribution is -0.128. The van der Waals surface area contributed by atoms with Gasteiger partial charge in [-0.25, -0.2) is 8.78 Å². The van der Waals surface area contributed by atoms with E-state index in [1.165, 1.54) is 6.07 Å². The monoisotopic (exact) mass is 269 g/mol. The van der Waals surface area contributed by atoms with Gasteiger partial charge in [-0.1, -0.05) is 12.8 Å². The summed E-state index contributed by atoms with van der Waals surface area (Å²) >= 11 is 0. The van der Waals surface area contributed by atoms with Crippen LogP contribution in [-0.2, 0) is 4.79 Å². The van der Waals surface area contributed by atoms with Crippen molar-refractivity contribution in [2.75, 3.05) is 0 Å². The average Bonchev–Trinajstić information content (AvgIpc) is 2.85. The van der Waals surface area contributed by atoms with Crippen LogP contribution in [0.2, 0.25) is 0 Å². The molecule has 3 nitrogen and oxygen atoms in total. The molecular weight excluding hydrogens is 252 g/mol. The standard InChI is InChI=1S/C14H17F2NO2/c1-9(14(18)17-11-4-2-3-5-11)19-13-7-6-10(15)8-12(13)16/h6-9,11H,2-5H2,1H3,(H,17,18)/t9-/m1/s1. The van der Waals surface area contributed by atoms with E-state index in [1.54, 1.807) is 6.92 Å². The number of hydrogen-bond donors (Lipinski definition) is 1. The maximum absolute atomic E-state index is 13.4. The van der Waals surface area contributed by atoms with Gasteiger partial charge in [-0.2, -0.15) is 0 Å². The Labute approximate surface area is 111 Å². The van der Waals surface area contributed by atoms with Crippen LogP contribution in [0.4, 0.5) is 8.78 Å². The van der Waals surface area contributed by atoms with E-state index in [2.05, 4.69) is 5.32 Å². The molecule has 1 saturated carbocycles.